The van der Waals surface area contributed by atoms with Gasteiger partial charge >= 0.3 is 0 Å². The van der Waals surface area contributed by atoms with E-state index in [-0.39, 0.29) is 5.91 Å². The van der Waals surface area contributed by atoms with Gasteiger partial charge in [-0.15, -0.1) is 23.1 Å². The Morgan fingerprint density at radius 1 is 1.20 bits per heavy atom. The molecule has 3 nitrogen and oxygen atoms in total. The molecule has 0 bridgehead atoms. The average Bonchev–Trinajstić information content (AvgIpc) is 3.14. The highest BCUT2D eigenvalue weighted by Gasteiger charge is 2.11. The topological polar surface area (TPSA) is 42.0 Å². The lowest BCUT2D eigenvalue weighted by Gasteiger charge is -2.10. The molecule has 0 saturated heterocycles. The molecule has 0 unspecified atom stereocenters. The Bertz CT molecular complexity index is 837. The molecule has 3 rings (SSSR count). The summed E-state index contributed by atoms with van der Waals surface area (Å²) < 4.78 is 0. The van der Waals surface area contributed by atoms with Crippen LogP contribution in [-0.2, 0) is 12.2 Å². The van der Waals surface area contributed by atoms with Crippen LogP contribution in [0.2, 0.25) is 5.02 Å². The quantitative estimate of drug-likeness (QED) is 0.575. The summed E-state index contributed by atoms with van der Waals surface area (Å²) in [4.78, 5) is 17.8. The summed E-state index contributed by atoms with van der Waals surface area (Å²) in [6.45, 7) is 0.574. The van der Waals surface area contributed by atoms with E-state index in [2.05, 4.69) is 10.3 Å². The number of benzene rings is 2. The van der Waals surface area contributed by atoms with E-state index in [0.717, 1.165) is 28.3 Å². The molecule has 0 atom stereocenters. The molecule has 1 N–H and O–H groups in total. The summed E-state index contributed by atoms with van der Waals surface area (Å²) >= 11 is 9.20. The van der Waals surface area contributed by atoms with E-state index in [4.69, 9.17) is 11.6 Å². The number of thioether (sulfide) groups is 1. The number of hydrogen-bond donors (Lipinski definition) is 1. The standard InChI is InChI=1S/C19H17ClN2OS2/c20-15-5-3-4-14(10-15)8-9-21-19(23)17-6-1-2-7-18(17)25-12-16-11-24-13-22-16/h1-7,10-11,13H,8-9,12H2,(H,21,23). The van der Waals surface area contributed by atoms with Gasteiger partial charge < -0.3 is 5.32 Å². The van der Waals surface area contributed by atoms with Crippen molar-refractivity contribution in [2.75, 3.05) is 6.54 Å². The molecule has 0 aliphatic rings. The van der Waals surface area contributed by atoms with Crippen LogP contribution >= 0.6 is 34.7 Å². The number of hydrogen-bond acceptors (Lipinski definition) is 4. The van der Waals surface area contributed by atoms with E-state index in [1.165, 1.54) is 0 Å². The molecule has 128 valence electrons. The second-order valence-electron chi connectivity index (χ2n) is 5.40. The highest BCUT2D eigenvalue weighted by atomic mass is 35.5. The molecule has 1 aromatic heterocycles. The van der Waals surface area contributed by atoms with E-state index in [0.29, 0.717) is 17.1 Å². The normalized spacial score (nSPS) is 10.6. The zero-order valence-corrected chi connectivity index (χ0v) is 15.8. The Hall–Kier alpha value is -1.82. The van der Waals surface area contributed by atoms with E-state index in [1.54, 1.807) is 23.1 Å². The Morgan fingerprint density at radius 3 is 2.88 bits per heavy atom. The van der Waals surface area contributed by atoms with Crippen LogP contribution in [-0.4, -0.2) is 17.4 Å². The van der Waals surface area contributed by atoms with Crippen LogP contribution in [0.1, 0.15) is 21.6 Å². The van der Waals surface area contributed by atoms with Gasteiger partial charge in [0.15, 0.2) is 0 Å². The van der Waals surface area contributed by atoms with E-state index in [9.17, 15) is 4.79 Å². The molecule has 25 heavy (non-hydrogen) atoms. The van der Waals surface area contributed by atoms with Crippen molar-refractivity contribution in [2.45, 2.75) is 17.1 Å². The van der Waals surface area contributed by atoms with Crippen LogP contribution < -0.4 is 5.32 Å². The van der Waals surface area contributed by atoms with Gasteiger partial charge in [-0.3, -0.25) is 4.79 Å². The Kier molecular flexibility index (Phi) is 6.50. The zero-order valence-electron chi connectivity index (χ0n) is 13.4. The predicted octanol–water partition coefficient (Wildman–Crippen LogP) is 5.06. The van der Waals surface area contributed by atoms with Gasteiger partial charge in [-0.2, -0.15) is 0 Å². The molecule has 0 fully saturated rings. The molecule has 0 aliphatic heterocycles. The van der Waals surface area contributed by atoms with Crippen molar-refractivity contribution < 1.29 is 4.79 Å². The van der Waals surface area contributed by atoms with Crippen LogP contribution in [0, 0.1) is 0 Å². The number of carbonyl (C=O) groups is 1. The predicted molar refractivity (Wildman–Crippen MR) is 106 cm³/mol. The molecule has 0 saturated carbocycles. The lowest BCUT2D eigenvalue weighted by Crippen LogP contribution is -2.26. The van der Waals surface area contributed by atoms with Crippen molar-refractivity contribution in [1.82, 2.24) is 10.3 Å². The Balaban J connectivity index is 1.58. The SMILES string of the molecule is O=C(NCCc1cccc(Cl)c1)c1ccccc1SCc1cscn1. The second kappa shape index (κ2) is 9.04. The maximum absolute atomic E-state index is 12.5. The van der Waals surface area contributed by atoms with Crippen LogP contribution in [0.3, 0.4) is 0 Å². The smallest absolute Gasteiger partial charge is 0.252 e. The lowest BCUT2D eigenvalue weighted by molar-refractivity contribution is 0.0951. The summed E-state index contributed by atoms with van der Waals surface area (Å²) in [6, 6.07) is 15.4. The van der Waals surface area contributed by atoms with Gasteiger partial charge in [0.05, 0.1) is 16.8 Å². The molecule has 6 heteroatoms. The molecule has 1 heterocycles. The molecular formula is C19H17ClN2OS2. The zero-order chi connectivity index (χ0) is 17.5. The monoisotopic (exact) mass is 388 g/mol. The number of nitrogens with one attached hydrogen (secondary N) is 1. The van der Waals surface area contributed by atoms with Gasteiger partial charge in [-0.1, -0.05) is 35.9 Å². The van der Waals surface area contributed by atoms with Crippen molar-refractivity contribution >= 4 is 40.6 Å². The fourth-order valence-electron chi connectivity index (χ4n) is 2.35. The van der Waals surface area contributed by atoms with Crippen molar-refractivity contribution in [2.24, 2.45) is 0 Å². The average molecular weight is 389 g/mol. The highest BCUT2D eigenvalue weighted by molar-refractivity contribution is 7.98. The summed E-state index contributed by atoms with van der Waals surface area (Å²) in [5.41, 5.74) is 4.67. The number of nitrogens with zero attached hydrogens (tertiary/aromatic N) is 1. The van der Waals surface area contributed by atoms with Crippen LogP contribution in [0.5, 0.6) is 0 Å². The van der Waals surface area contributed by atoms with Gasteiger partial charge in [0, 0.05) is 27.6 Å². The lowest BCUT2D eigenvalue weighted by atomic mass is 10.1. The van der Waals surface area contributed by atoms with Gasteiger partial charge in [0.2, 0.25) is 0 Å². The summed E-state index contributed by atoms with van der Waals surface area (Å²) in [6.07, 6.45) is 0.750. The number of rotatable bonds is 7. The third-order valence-electron chi connectivity index (χ3n) is 3.58. The first-order valence-electron chi connectivity index (χ1n) is 7.84. The highest BCUT2D eigenvalue weighted by Crippen LogP contribution is 2.26. The first kappa shape index (κ1) is 18.0. The molecule has 3 aromatic rings. The minimum atomic E-state index is -0.0524. The molecule has 0 spiro atoms. The molecular weight excluding hydrogens is 372 g/mol. The number of halogens is 1. The minimum absolute atomic E-state index is 0.0524. The third-order valence-corrected chi connectivity index (χ3v) is 5.56. The fourth-order valence-corrected chi connectivity index (χ4v) is 4.18. The summed E-state index contributed by atoms with van der Waals surface area (Å²) in [5, 5.41) is 5.74. The maximum atomic E-state index is 12.5. The van der Waals surface area contributed by atoms with Crippen molar-refractivity contribution in [3.05, 3.63) is 81.3 Å². The largest absolute Gasteiger partial charge is 0.352 e. The van der Waals surface area contributed by atoms with Gasteiger partial charge in [0.25, 0.3) is 5.91 Å². The van der Waals surface area contributed by atoms with E-state index >= 15 is 0 Å². The van der Waals surface area contributed by atoms with Crippen molar-refractivity contribution in [3.63, 3.8) is 0 Å². The summed E-state index contributed by atoms with van der Waals surface area (Å²) in [7, 11) is 0. The number of carbonyl (C=O) groups excluding carboxylic acids is 1. The molecule has 2 aromatic carbocycles. The van der Waals surface area contributed by atoms with E-state index in [1.807, 2.05) is 59.4 Å². The van der Waals surface area contributed by atoms with Crippen LogP contribution in [0.4, 0.5) is 0 Å². The van der Waals surface area contributed by atoms with Crippen LogP contribution in [0.25, 0.3) is 0 Å². The van der Waals surface area contributed by atoms with E-state index < -0.39 is 0 Å². The van der Waals surface area contributed by atoms with Crippen molar-refractivity contribution in [1.29, 1.82) is 0 Å². The number of thiazole rings is 1. The summed E-state index contributed by atoms with van der Waals surface area (Å²) in [5.74, 6) is 0.708. The molecule has 1 amide bonds. The molecule has 0 radical (unpaired) electrons. The Labute approximate surface area is 160 Å². The number of amides is 1. The fraction of sp³-hybridized carbons (Fsp3) is 0.158. The van der Waals surface area contributed by atoms with Crippen LogP contribution in [0.15, 0.2) is 64.3 Å². The second-order valence-corrected chi connectivity index (χ2v) is 7.57. The maximum Gasteiger partial charge on any atom is 0.252 e. The van der Waals surface area contributed by atoms with Gasteiger partial charge in [0.1, 0.15) is 0 Å². The Morgan fingerprint density at radius 2 is 2.08 bits per heavy atom. The first-order chi connectivity index (χ1) is 12.2. The van der Waals surface area contributed by atoms with Gasteiger partial charge in [-0.25, -0.2) is 4.98 Å². The third kappa shape index (κ3) is 5.33. The molecule has 0 aliphatic carbocycles. The number of aromatic nitrogens is 1. The van der Waals surface area contributed by atoms with Gasteiger partial charge in [-0.05, 0) is 36.2 Å². The van der Waals surface area contributed by atoms with Crippen molar-refractivity contribution in [3.8, 4) is 0 Å². The first-order valence-corrected chi connectivity index (χ1v) is 10.1. The minimum Gasteiger partial charge on any atom is -0.352 e.